The molecule has 2 saturated heterocycles. The van der Waals surface area contributed by atoms with Gasteiger partial charge in [0.2, 0.25) is 124 Å². The molecule has 2 heterocycles. The number of ketones is 1. The lowest BCUT2D eigenvalue weighted by Crippen LogP contribution is -2.62. The molecular weight excluding hydrogens is 1920 g/mol. The SMILES string of the molecule is CC[C@H](C)[C@@H]1NC(=O)[C@@H](NC(=O)[C@H](CC(=O)O)NC(=O)[C@@H](NC(=O)[C@@H](NC(C)=O)[C@@H](C)O)C(C)C)CSCCCSC[C@@H](C(=O)N[C@@H](CC(C)C)C(=O)C[C@@H](CO)C(=O)N[C@H](C(=O)N[C@@H](CC(C)C)C(=O)N[C@@H](C)C(=O)N[C@@H](CCC(=O)O)C(=O)N[C@@H](CCC(=O)O)C(=O)N[C@H](C(=O)N2CCCC2C(=O)N[C@@H](CCC(N)=O)C(=O)N[C@@H](CC(N)=O)C(N)=O)C(C)C)C(C)C)NC(=O)[C@H](CO)NC(=O)[C@H](C)NC1=O. The predicted molar refractivity (Wildman–Crippen MR) is 513 cm³/mol. The molecule has 2 rings (SSSR count). The van der Waals surface area contributed by atoms with Crippen LogP contribution in [0, 0.1) is 41.4 Å². The Hall–Kier alpha value is -12.5. The first-order valence-corrected chi connectivity index (χ1v) is 49.5. The molecule has 0 aromatic rings. The maximum atomic E-state index is 14.7. The lowest BCUT2D eigenvalue weighted by Gasteiger charge is -2.32. The third-order valence-electron chi connectivity index (χ3n) is 23.0. The molecule has 0 bridgehead atoms. The molecule has 21 atom stereocenters. The number of carboxylic acid groups (broad SMARTS) is 3. The maximum absolute atomic E-state index is 14.7. The van der Waals surface area contributed by atoms with E-state index in [0.29, 0.717) is 0 Å². The van der Waals surface area contributed by atoms with Crippen molar-refractivity contribution in [1.82, 2.24) is 95.3 Å². The Morgan fingerprint density at radius 2 is 0.923 bits per heavy atom. The summed E-state index contributed by atoms with van der Waals surface area (Å²) in [7, 11) is 0. The monoisotopic (exact) mass is 2070 g/mol. The zero-order valence-electron chi connectivity index (χ0n) is 83.5. The molecule has 54 heteroatoms. The molecule has 2 aliphatic heterocycles. The molecule has 29 N–H and O–H groups in total. The van der Waals surface area contributed by atoms with Crippen LogP contribution in [0.15, 0.2) is 0 Å². The molecular formula is C89H147N21O31S2. The highest BCUT2D eigenvalue weighted by molar-refractivity contribution is 8.00. The van der Waals surface area contributed by atoms with Crippen molar-refractivity contribution in [2.45, 2.75) is 322 Å². The summed E-state index contributed by atoms with van der Waals surface area (Å²) in [5, 5.41) is 102. The summed E-state index contributed by atoms with van der Waals surface area (Å²) in [6, 6.07) is -28.8. The zero-order valence-corrected chi connectivity index (χ0v) is 85.1. The van der Waals surface area contributed by atoms with Gasteiger partial charge in [-0.1, -0.05) is 89.5 Å². The molecule has 2 fully saturated rings. The van der Waals surface area contributed by atoms with Gasteiger partial charge < -0.3 is 143 Å². The van der Waals surface area contributed by atoms with Crippen molar-refractivity contribution in [3.05, 3.63) is 0 Å². The number of primary amides is 3. The summed E-state index contributed by atoms with van der Waals surface area (Å²) >= 11 is 2.18. The first-order chi connectivity index (χ1) is 66.7. The first-order valence-electron chi connectivity index (χ1n) is 47.2. The summed E-state index contributed by atoms with van der Waals surface area (Å²) in [5.41, 5.74) is 15.8. The van der Waals surface area contributed by atoms with E-state index in [1.54, 1.807) is 41.5 Å². The van der Waals surface area contributed by atoms with Gasteiger partial charge in [-0.2, -0.15) is 23.5 Å². The number of nitrogens with two attached hydrogens (primary N) is 3. The maximum Gasteiger partial charge on any atom is 0.305 e. The quantitative estimate of drug-likeness (QED) is 0.0269. The third kappa shape index (κ3) is 44.9. The normalized spacial score (nSPS) is 19.9. The smallest absolute Gasteiger partial charge is 0.305 e. The summed E-state index contributed by atoms with van der Waals surface area (Å²) in [6.07, 6.45) is -7.49. The number of nitrogens with one attached hydrogen (secondary N) is 17. The number of aliphatic hydroxyl groups is 3. The topological polar surface area (TPSA) is 834 Å². The molecule has 143 heavy (non-hydrogen) atoms. The second kappa shape index (κ2) is 62.8. The number of Topliss-reactive ketones (excluding diaryl/α,β-unsaturated/α-hetero) is 1. The highest BCUT2D eigenvalue weighted by Crippen LogP contribution is 2.24. The fourth-order valence-electron chi connectivity index (χ4n) is 14.6. The Morgan fingerprint density at radius 1 is 0.448 bits per heavy atom. The third-order valence-corrected chi connectivity index (χ3v) is 25.2. The van der Waals surface area contributed by atoms with Crippen LogP contribution in [0.3, 0.4) is 0 Å². The van der Waals surface area contributed by atoms with E-state index in [1.165, 1.54) is 55.4 Å². The van der Waals surface area contributed by atoms with Crippen LogP contribution < -0.4 is 108 Å². The number of carbonyl (C=O) groups excluding carboxylic acids is 22. The lowest BCUT2D eigenvalue weighted by molar-refractivity contribution is -0.144. The molecule has 1 unspecified atom stereocenters. The van der Waals surface area contributed by atoms with Crippen molar-refractivity contribution < 1.29 is 151 Å². The van der Waals surface area contributed by atoms with Crippen LogP contribution in [0.2, 0.25) is 0 Å². The second-order valence-electron chi connectivity index (χ2n) is 37.3. The van der Waals surface area contributed by atoms with E-state index >= 15 is 0 Å². The Balaban J connectivity index is 2.48. The van der Waals surface area contributed by atoms with E-state index in [9.17, 15) is 151 Å². The van der Waals surface area contributed by atoms with Crippen LogP contribution in [0.4, 0.5) is 0 Å². The standard InChI is InChI=1S/C89H147N21O31S2/c1-17-44(12)70-87(139)94-46(14)74(126)103-57(36-112)81(133)105-58(37-142-28-19-29-143-38-59(83(135)109-70)104-80(132)56(34-66(122)123)102-86(138)68(42(8)9)107-88(140)71(47(15)113)95-48(16)114)82(134)99-53(30-39(2)3)61(115)32-49(35-111)75(127)106-67(41(6)7)85(137)101-55(31-40(4)5)79(131)93-45(13)73(125)96-51(22-25-64(118)119)76(128)97-52(23-26-65(120)121)78(130)108-69(43(10)11)89(141)110-27-18-20-60(110)84(136)98-50(21-24-62(90)116)77(129)100-54(72(92)124)33-63(91)117/h39-47,49-60,67-71,111-113H,17-38H2,1-16H3,(H2,90,116)(H2,91,117)(H2,92,124)(H,93,131)(H,94,139)(H,95,114)(H,96,125)(H,97,128)(H,98,136)(H,99,134)(H,100,129)(H,101,137)(H,102,138)(H,103,126)(H,104,132)(H,105,133)(H,106,127)(H,107,140)(H,108,130)(H,109,135)(H,118,119)(H,120,121)(H,122,123)/t44-,45-,46-,47+,49-,50-,51-,52-,53-,54-,55-,56-,57-,58-,59-,60?,67-,68-,69-,70-,71-/m0/s1. The van der Waals surface area contributed by atoms with Gasteiger partial charge in [0.1, 0.15) is 103 Å². The van der Waals surface area contributed by atoms with Gasteiger partial charge in [0.25, 0.3) is 0 Å². The summed E-state index contributed by atoms with van der Waals surface area (Å²) < 4.78 is 0. The number of hydrogen-bond donors (Lipinski definition) is 26. The average molecular weight is 2070 g/mol. The van der Waals surface area contributed by atoms with Gasteiger partial charge >= 0.3 is 17.9 Å². The Labute approximate surface area is 836 Å². The highest BCUT2D eigenvalue weighted by Gasteiger charge is 2.45. The minimum Gasteiger partial charge on any atom is -0.481 e. The largest absolute Gasteiger partial charge is 0.481 e. The van der Waals surface area contributed by atoms with Gasteiger partial charge in [-0.25, -0.2) is 0 Å². The number of likely N-dealkylation sites (tertiary alicyclic amines) is 1. The van der Waals surface area contributed by atoms with E-state index in [1.807, 2.05) is 0 Å². The number of thioether (sulfide) groups is 2. The number of aliphatic hydroxyl groups excluding tert-OH is 3. The summed E-state index contributed by atoms with van der Waals surface area (Å²) in [4.78, 5) is 340. The molecule has 0 radical (unpaired) electrons. The van der Waals surface area contributed by atoms with Crippen molar-refractivity contribution in [2.24, 2.45) is 58.6 Å². The fourth-order valence-corrected chi connectivity index (χ4v) is 16.8. The van der Waals surface area contributed by atoms with Crippen molar-refractivity contribution in [1.29, 1.82) is 0 Å². The molecule has 2 aliphatic rings. The van der Waals surface area contributed by atoms with E-state index in [4.69, 9.17) is 17.2 Å². The molecule has 0 aromatic heterocycles. The zero-order chi connectivity index (χ0) is 109. The van der Waals surface area contributed by atoms with Crippen molar-refractivity contribution >= 4 is 171 Å². The number of amides is 21. The van der Waals surface area contributed by atoms with E-state index in [0.717, 1.165) is 42.3 Å². The highest BCUT2D eigenvalue weighted by atomic mass is 32.2. The molecule has 806 valence electrons. The second-order valence-corrected chi connectivity index (χ2v) is 39.6. The number of rotatable bonds is 55. The molecule has 0 spiro atoms. The molecule has 52 nitrogen and oxygen atoms in total. The van der Waals surface area contributed by atoms with Gasteiger partial charge in [0, 0.05) is 50.7 Å². The molecule has 21 amide bonds. The van der Waals surface area contributed by atoms with Gasteiger partial charge in [0.05, 0.1) is 44.1 Å². The number of nitrogens with zero attached hydrogens (tertiary/aromatic N) is 1. The minimum absolute atomic E-state index is 0.0126. The number of aliphatic carboxylic acids is 3. The van der Waals surface area contributed by atoms with Gasteiger partial charge in [-0.05, 0) is 119 Å². The molecule has 0 aliphatic carbocycles. The van der Waals surface area contributed by atoms with Crippen LogP contribution in [0.5, 0.6) is 0 Å². The van der Waals surface area contributed by atoms with Crippen LogP contribution in [-0.2, 0) is 120 Å². The first kappa shape index (κ1) is 127. The number of carboxylic acids is 3. The van der Waals surface area contributed by atoms with Crippen molar-refractivity contribution in [3.63, 3.8) is 0 Å². The van der Waals surface area contributed by atoms with Crippen molar-refractivity contribution in [3.8, 4) is 0 Å². The minimum atomic E-state index is -1.92. The lowest BCUT2D eigenvalue weighted by atomic mass is 9.92. The van der Waals surface area contributed by atoms with Crippen LogP contribution >= 0.6 is 23.5 Å². The predicted octanol–water partition coefficient (Wildman–Crippen LogP) is -7.97. The Bertz CT molecular complexity index is 4490. The van der Waals surface area contributed by atoms with Gasteiger partial charge in [0.15, 0.2) is 5.78 Å². The van der Waals surface area contributed by atoms with Gasteiger partial charge in [-0.3, -0.25) is 120 Å². The van der Waals surface area contributed by atoms with Crippen molar-refractivity contribution in [2.75, 3.05) is 42.8 Å². The summed E-state index contributed by atoms with van der Waals surface area (Å²) in [5.74, 6) is -32.7. The van der Waals surface area contributed by atoms with Crippen LogP contribution in [0.1, 0.15) is 207 Å². The average Bonchev–Trinajstić information content (AvgIpc) is 1.67. The number of carbonyl (C=O) groups is 25. The Kier molecular flexibility index (Phi) is 55.6. The van der Waals surface area contributed by atoms with Crippen LogP contribution in [-0.4, -0.2) is 341 Å². The van der Waals surface area contributed by atoms with Crippen LogP contribution in [0.25, 0.3) is 0 Å². The fraction of sp³-hybridized carbons (Fsp3) is 0.719. The number of hydrogen-bond acceptors (Lipinski definition) is 30. The molecule has 0 aromatic carbocycles. The van der Waals surface area contributed by atoms with E-state index in [-0.39, 0.29) is 74.0 Å². The van der Waals surface area contributed by atoms with Gasteiger partial charge in [-0.15, -0.1) is 0 Å². The van der Waals surface area contributed by atoms with E-state index < -0.39 is 369 Å². The summed E-state index contributed by atoms with van der Waals surface area (Å²) in [6.45, 7) is 21.4. The van der Waals surface area contributed by atoms with E-state index in [2.05, 4.69) is 90.4 Å². The molecule has 0 saturated carbocycles. The Morgan fingerprint density at radius 3 is 1.41 bits per heavy atom.